The van der Waals surface area contributed by atoms with Gasteiger partial charge in [0.15, 0.2) is 0 Å². The summed E-state index contributed by atoms with van der Waals surface area (Å²) < 4.78 is 5.13. The average molecular weight is 148 g/mol. The number of ether oxygens (including phenoxy) is 1. The highest BCUT2D eigenvalue weighted by molar-refractivity contribution is 4.50. The molecular weight excluding hydrogens is 132 g/mol. The zero-order chi connectivity index (χ0) is 7.98. The van der Waals surface area contributed by atoms with Crippen LogP contribution in [0.1, 0.15) is 20.3 Å². The van der Waals surface area contributed by atoms with Gasteiger partial charge in [-0.15, -0.1) is 0 Å². The van der Waals surface area contributed by atoms with Crippen molar-refractivity contribution in [2.45, 2.75) is 32.5 Å². The van der Waals surface area contributed by atoms with Gasteiger partial charge in [0.1, 0.15) is 0 Å². The second-order valence-corrected chi connectivity index (χ2v) is 2.51. The van der Waals surface area contributed by atoms with Gasteiger partial charge in [0, 0.05) is 6.61 Å². The molecule has 0 aliphatic rings. The van der Waals surface area contributed by atoms with Crippen LogP contribution in [0.3, 0.4) is 0 Å². The third kappa shape index (κ3) is 6.01. The Morgan fingerprint density at radius 1 is 1.40 bits per heavy atom. The maximum absolute atomic E-state index is 8.78. The number of aliphatic hydroxyl groups excluding tert-OH is 2. The molecule has 0 saturated carbocycles. The van der Waals surface area contributed by atoms with E-state index in [2.05, 4.69) is 0 Å². The van der Waals surface area contributed by atoms with Crippen molar-refractivity contribution < 1.29 is 14.9 Å². The molecule has 0 saturated heterocycles. The zero-order valence-corrected chi connectivity index (χ0v) is 6.58. The van der Waals surface area contributed by atoms with Crippen LogP contribution < -0.4 is 0 Å². The fourth-order valence-corrected chi connectivity index (χ4v) is 0.569. The van der Waals surface area contributed by atoms with Crippen molar-refractivity contribution in [2.75, 3.05) is 13.2 Å². The highest BCUT2D eigenvalue weighted by atomic mass is 16.5. The SMILES string of the molecule is CC(O)COC(C)CCO. The maximum Gasteiger partial charge on any atom is 0.0745 e. The normalized spacial score (nSPS) is 16.8. The van der Waals surface area contributed by atoms with Gasteiger partial charge in [-0.3, -0.25) is 0 Å². The molecule has 0 aliphatic heterocycles. The van der Waals surface area contributed by atoms with Crippen LogP contribution in [-0.2, 0) is 4.74 Å². The van der Waals surface area contributed by atoms with E-state index in [1.54, 1.807) is 6.92 Å². The number of aliphatic hydroxyl groups is 2. The second kappa shape index (κ2) is 5.65. The van der Waals surface area contributed by atoms with E-state index in [9.17, 15) is 0 Å². The summed E-state index contributed by atoms with van der Waals surface area (Å²) in [5.41, 5.74) is 0. The van der Waals surface area contributed by atoms with E-state index in [4.69, 9.17) is 14.9 Å². The monoisotopic (exact) mass is 148 g/mol. The molecule has 0 radical (unpaired) electrons. The van der Waals surface area contributed by atoms with Crippen molar-refractivity contribution in [3.8, 4) is 0 Å². The molecule has 2 unspecified atom stereocenters. The van der Waals surface area contributed by atoms with Crippen molar-refractivity contribution in [3.05, 3.63) is 0 Å². The third-order valence-electron chi connectivity index (χ3n) is 1.16. The quantitative estimate of drug-likeness (QED) is 0.583. The Bertz CT molecular complexity index is 73.3. The molecule has 0 aromatic carbocycles. The molecule has 0 heterocycles. The first-order valence-electron chi connectivity index (χ1n) is 3.57. The van der Waals surface area contributed by atoms with Gasteiger partial charge >= 0.3 is 0 Å². The molecule has 0 rings (SSSR count). The predicted octanol–water partition coefficient (Wildman–Crippen LogP) is 0.155. The van der Waals surface area contributed by atoms with Crippen molar-refractivity contribution >= 4 is 0 Å². The third-order valence-corrected chi connectivity index (χ3v) is 1.16. The number of rotatable bonds is 5. The molecule has 10 heavy (non-hydrogen) atoms. The topological polar surface area (TPSA) is 49.7 Å². The second-order valence-electron chi connectivity index (χ2n) is 2.51. The largest absolute Gasteiger partial charge is 0.396 e. The number of hydrogen-bond donors (Lipinski definition) is 2. The summed E-state index contributed by atoms with van der Waals surface area (Å²) >= 11 is 0. The van der Waals surface area contributed by atoms with Gasteiger partial charge in [0.25, 0.3) is 0 Å². The Hall–Kier alpha value is -0.120. The van der Waals surface area contributed by atoms with Crippen molar-refractivity contribution in [2.24, 2.45) is 0 Å². The first-order chi connectivity index (χ1) is 4.66. The molecule has 62 valence electrons. The standard InChI is InChI=1S/C7H16O3/c1-6(9)5-10-7(2)3-4-8/h6-9H,3-5H2,1-2H3. The minimum Gasteiger partial charge on any atom is -0.396 e. The van der Waals surface area contributed by atoms with Gasteiger partial charge in [-0.1, -0.05) is 0 Å². The average Bonchev–Trinajstić information content (AvgIpc) is 1.85. The summed E-state index contributed by atoms with van der Waals surface area (Å²) in [6.45, 7) is 4.03. The summed E-state index contributed by atoms with van der Waals surface area (Å²) in [6, 6.07) is 0. The molecule has 0 bridgehead atoms. The van der Waals surface area contributed by atoms with Crippen LogP contribution in [0.5, 0.6) is 0 Å². The van der Waals surface area contributed by atoms with Crippen LogP contribution >= 0.6 is 0 Å². The summed E-state index contributed by atoms with van der Waals surface area (Å²) in [4.78, 5) is 0. The van der Waals surface area contributed by atoms with Crippen molar-refractivity contribution in [1.29, 1.82) is 0 Å². The highest BCUT2D eigenvalue weighted by Gasteiger charge is 2.02. The van der Waals surface area contributed by atoms with E-state index in [0.29, 0.717) is 13.0 Å². The molecule has 2 atom stereocenters. The Labute approximate surface area is 61.6 Å². The van der Waals surface area contributed by atoms with Gasteiger partial charge in [0.05, 0.1) is 18.8 Å². The zero-order valence-electron chi connectivity index (χ0n) is 6.58. The number of hydrogen-bond acceptors (Lipinski definition) is 3. The fraction of sp³-hybridized carbons (Fsp3) is 1.00. The summed E-state index contributed by atoms with van der Waals surface area (Å²) in [5.74, 6) is 0. The molecule has 2 N–H and O–H groups in total. The molecule has 0 aromatic heterocycles. The van der Waals surface area contributed by atoms with Crippen molar-refractivity contribution in [3.63, 3.8) is 0 Å². The lowest BCUT2D eigenvalue weighted by Gasteiger charge is -2.12. The van der Waals surface area contributed by atoms with E-state index < -0.39 is 6.10 Å². The summed E-state index contributed by atoms with van der Waals surface area (Å²) in [5, 5.41) is 17.2. The van der Waals surface area contributed by atoms with Gasteiger partial charge in [-0.2, -0.15) is 0 Å². The van der Waals surface area contributed by atoms with Crippen LogP contribution in [0.4, 0.5) is 0 Å². The van der Waals surface area contributed by atoms with E-state index in [-0.39, 0.29) is 12.7 Å². The van der Waals surface area contributed by atoms with Crippen LogP contribution in [0, 0.1) is 0 Å². The smallest absolute Gasteiger partial charge is 0.0745 e. The van der Waals surface area contributed by atoms with Gasteiger partial charge in [-0.05, 0) is 20.3 Å². The Morgan fingerprint density at radius 3 is 2.40 bits per heavy atom. The Morgan fingerprint density at radius 2 is 2.00 bits per heavy atom. The van der Waals surface area contributed by atoms with Crippen LogP contribution in [0.2, 0.25) is 0 Å². The maximum atomic E-state index is 8.78. The van der Waals surface area contributed by atoms with E-state index in [1.807, 2.05) is 6.92 Å². The van der Waals surface area contributed by atoms with Crippen LogP contribution in [-0.4, -0.2) is 35.6 Å². The lowest BCUT2D eigenvalue weighted by molar-refractivity contribution is -0.00387. The summed E-state index contributed by atoms with van der Waals surface area (Å²) in [6.07, 6.45) is 0.257. The minimum absolute atomic E-state index is 0.0413. The fourth-order valence-electron chi connectivity index (χ4n) is 0.569. The minimum atomic E-state index is -0.416. The Balaban J connectivity index is 3.12. The van der Waals surface area contributed by atoms with Crippen molar-refractivity contribution in [1.82, 2.24) is 0 Å². The molecule has 0 aliphatic carbocycles. The molecular formula is C7H16O3. The van der Waals surface area contributed by atoms with E-state index in [1.165, 1.54) is 0 Å². The first-order valence-corrected chi connectivity index (χ1v) is 3.57. The lowest BCUT2D eigenvalue weighted by Crippen LogP contribution is -2.17. The molecule has 3 nitrogen and oxygen atoms in total. The first kappa shape index (κ1) is 9.88. The molecule has 0 amide bonds. The predicted molar refractivity (Wildman–Crippen MR) is 38.8 cm³/mol. The van der Waals surface area contributed by atoms with Crippen LogP contribution in [0.25, 0.3) is 0 Å². The van der Waals surface area contributed by atoms with E-state index >= 15 is 0 Å². The van der Waals surface area contributed by atoms with Crippen LogP contribution in [0.15, 0.2) is 0 Å². The summed E-state index contributed by atoms with van der Waals surface area (Å²) in [7, 11) is 0. The Kier molecular flexibility index (Phi) is 5.58. The van der Waals surface area contributed by atoms with Gasteiger partial charge in [-0.25, -0.2) is 0 Å². The highest BCUT2D eigenvalue weighted by Crippen LogP contribution is 1.96. The molecule has 3 heteroatoms. The van der Waals surface area contributed by atoms with E-state index in [0.717, 1.165) is 0 Å². The molecule has 0 fully saturated rings. The lowest BCUT2D eigenvalue weighted by atomic mass is 10.3. The van der Waals surface area contributed by atoms with Gasteiger partial charge in [0.2, 0.25) is 0 Å². The molecule has 0 aromatic rings. The van der Waals surface area contributed by atoms with Gasteiger partial charge < -0.3 is 14.9 Å². The molecule has 0 spiro atoms.